The Kier molecular flexibility index (Phi) is 4.09. The Hall–Kier alpha value is -1.42. The summed E-state index contributed by atoms with van der Waals surface area (Å²) in [4.78, 5) is 16.0. The third-order valence-corrected chi connectivity index (χ3v) is 2.97. The molecule has 17 heavy (non-hydrogen) atoms. The maximum Gasteiger partial charge on any atom is 0.225 e. The SMILES string of the molecule is Cc1cccc(NC(=O)CC2CCOCC2)n1. The van der Waals surface area contributed by atoms with Gasteiger partial charge < -0.3 is 10.1 Å². The molecule has 0 saturated carbocycles. The second kappa shape index (κ2) is 5.77. The zero-order valence-electron chi connectivity index (χ0n) is 10.1. The number of aromatic nitrogens is 1. The lowest BCUT2D eigenvalue weighted by atomic mass is 9.96. The number of carbonyl (C=O) groups is 1. The van der Waals surface area contributed by atoms with Crippen LogP contribution in [0, 0.1) is 12.8 Å². The van der Waals surface area contributed by atoms with Crippen molar-refractivity contribution < 1.29 is 9.53 Å². The molecule has 92 valence electrons. The van der Waals surface area contributed by atoms with Crippen LogP contribution >= 0.6 is 0 Å². The number of anilines is 1. The standard InChI is InChI=1S/C13H18N2O2/c1-10-3-2-4-12(14-10)15-13(16)9-11-5-7-17-8-6-11/h2-4,11H,5-9H2,1H3,(H,14,15,16). The quantitative estimate of drug-likeness (QED) is 0.871. The van der Waals surface area contributed by atoms with Gasteiger partial charge in [-0.25, -0.2) is 4.98 Å². The van der Waals surface area contributed by atoms with Crippen LogP contribution < -0.4 is 5.32 Å². The van der Waals surface area contributed by atoms with Crippen molar-refractivity contribution in [3.63, 3.8) is 0 Å². The first-order valence-electron chi connectivity index (χ1n) is 6.05. The molecule has 1 aliphatic rings. The lowest BCUT2D eigenvalue weighted by Gasteiger charge is -2.21. The molecule has 0 radical (unpaired) electrons. The van der Waals surface area contributed by atoms with E-state index in [9.17, 15) is 4.79 Å². The number of hydrogen-bond donors (Lipinski definition) is 1. The molecule has 0 atom stereocenters. The van der Waals surface area contributed by atoms with E-state index in [-0.39, 0.29) is 5.91 Å². The lowest BCUT2D eigenvalue weighted by molar-refractivity contribution is -0.117. The van der Waals surface area contributed by atoms with Crippen molar-refractivity contribution in [3.05, 3.63) is 23.9 Å². The summed E-state index contributed by atoms with van der Waals surface area (Å²) in [6.07, 6.45) is 2.53. The second-order valence-corrected chi connectivity index (χ2v) is 4.47. The van der Waals surface area contributed by atoms with Crippen LogP contribution in [-0.2, 0) is 9.53 Å². The number of hydrogen-bond acceptors (Lipinski definition) is 3. The fourth-order valence-electron chi connectivity index (χ4n) is 2.02. The predicted molar refractivity (Wildman–Crippen MR) is 65.8 cm³/mol. The van der Waals surface area contributed by atoms with Gasteiger partial charge in [-0.05, 0) is 37.8 Å². The van der Waals surface area contributed by atoms with Crippen molar-refractivity contribution in [2.75, 3.05) is 18.5 Å². The summed E-state index contributed by atoms with van der Waals surface area (Å²) in [7, 11) is 0. The maximum absolute atomic E-state index is 11.8. The van der Waals surface area contributed by atoms with Crippen LogP contribution in [0.4, 0.5) is 5.82 Å². The van der Waals surface area contributed by atoms with Gasteiger partial charge in [0.05, 0.1) is 0 Å². The molecule has 4 heteroatoms. The molecule has 0 unspecified atom stereocenters. The van der Waals surface area contributed by atoms with Crippen molar-refractivity contribution in [1.29, 1.82) is 0 Å². The summed E-state index contributed by atoms with van der Waals surface area (Å²) in [5.41, 5.74) is 0.911. The molecular formula is C13H18N2O2. The summed E-state index contributed by atoms with van der Waals surface area (Å²) < 4.78 is 5.27. The number of nitrogens with zero attached hydrogens (tertiary/aromatic N) is 1. The number of ether oxygens (including phenoxy) is 1. The van der Waals surface area contributed by atoms with E-state index in [1.807, 2.05) is 25.1 Å². The van der Waals surface area contributed by atoms with Crippen molar-refractivity contribution >= 4 is 11.7 Å². The minimum Gasteiger partial charge on any atom is -0.381 e. The van der Waals surface area contributed by atoms with Crippen molar-refractivity contribution in [2.24, 2.45) is 5.92 Å². The zero-order valence-corrected chi connectivity index (χ0v) is 10.1. The smallest absolute Gasteiger partial charge is 0.225 e. The van der Waals surface area contributed by atoms with E-state index in [2.05, 4.69) is 10.3 Å². The number of nitrogens with one attached hydrogen (secondary N) is 1. The summed E-state index contributed by atoms with van der Waals surface area (Å²) >= 11 is 0. The van der Waals surface area contributed by atoms with Gasteiger partial charge in [-0.1, -0.05) is 6.07 Å². The Morgan fingerprint density at radius 1 is 1.47 bits per heavy atom. The average molecular weight is 234 g/mol. The first kappa shape index (κ1) is 12.0. The van der Waals surface area contributed by atoms with Crippen LogP contribution in [0.5, 0.6) is 0 Å². The van der Waals surface area contributed by atoms with E-state index in [4.69, 9.17) is 4.74 Å². The Labute approximate surface area is 101 Å². The third kappa shape index (κ3) is 3.82. The molecular weight excluding hydrogens is 216 g/mol. The number of carbonyl (C=O) groups excluding carboxylic acids is 1. The second-order valence-electron chi connectivity index (χ2n) is 4.47. The van der Waals surface area contributed by atoms with E-state index < -0.39 is 0 Å². The summed E-state index contributed by atoms with van der Waals surface area (Å²) in [6.45, 7) is 3.47. The largest absolute Gasteiger partial charge is 0.381 e. The van der Waals surface area contributed by atoms with Crippen LogP contribution in [0.2, 0.25) is 0 Å². The molecule has 0 spiro atoms. The van der Waals surface area contributed by atoms with E-state index in [1.54, 1.807) is 0 Å². The fourth-order valence-corrected chi connectivity index (χ4v) is 2.02. The minimum atomic E-state index is 0.0509. The van der Waals surface area contributed by atoms with Crippen molar-refractivity contribution in [1.82, 2.24) is 4.98 Å². The summed E-state index contributed by atoms with van der Waals surface area (Å²) in [5, 5.41) is 2.84. The zero-order chi connectivity index (χ0) is 12.1. The number of amides is 1. The van der Waals surface area contributed by atoms with Gasteiger partial charge in [0.25, 0.3) is 0 Å². The summed E-state index contributed by atoms with van der Waals surface area (Å²) in [5.74, 6) is 1.14. The highest BCUT2D eigenvalue weighted by Gasteiger charge is 2.17. The molecule has 4 nitrogen and oxygen atoms in total. The Balaban J connectivity index is 1.84. The molecule has 1 aliphatic heterocycles. The van der Waals surface area contributed by atoms with Gasteiger partial charge in [0.1, 0.15) is 5.82 Å². The normalized spacial score (nSPS) is 16.8. The molecule has 1 fully saturated rings. The van der Waals surface area contributed by atoms with Gasteiger partial charge in [-0.2, -0.15) is 0 Å². The first-order valence-corrected chi connectivity index (χ1v) is 6.05. The highest BCUT2D eigenvalue weighted by atomic mass is 16.5. The van der Waals surface area contributed by atoms with Gasteiger partial charge >= 0.3 is 0 Å². The van der Waals surface area contributed by atoms with Gasteiger partial charge in [-0.15, -0.1) is 0 Å². The lowest BCUT2D eigenvalue weighted by Crippen LogP contribution is -2.22. The highest BCUT2D eigenvalue weighted by Crippen LogP contribution is 2.19. The molecule has 1 amide bonds. The first-order chi connectivity index (χ1) is 8.24. The van der Waals surface area contributed by atoms with Crippen molar-refractivity contribution in [2.45, 2.75) is 26.2 Å². The third-order valence-electron chi connectivity index (χ3n) is 2.97. The molecule has 0 bridgehead atoms. The number of pyridine rings is 1. The Morgan fingerprint density at radius 3 is 2.94 bits per heavy atom. The fraction of sp³-hybridized carbons (Fsp3) is 0.538. The van der Waals surface area contributed by atoms with E-state index in [0.717, 1.165) is 31.7 Å². The van der Waals surface area contributed by atoms with Gasteiger partial charge in [0, 0.05) is 25.3 Å². The Morgan fingerprint density at radius 2 is 2.24 bits per heavy atom. The number of rotatable bonds is 3. The topological polar surface area (TPSA) is 51.2 Å². The van der Waals surface area contributed by atoms with Crippen LogP contribution in [-0.4, -0.2) is 24.1 Å². The van der Waals surface area contributed by atoms with Crippen LogP contribution in [0.1, 0.15) is 25.0 Å². The van der Waals surface area contributed by atoms with Gasteiger partial charge in [-0.3, -0.25) is 4.79 Å². The van der Waals surface area contributed by atoms with Gasteiger partial charge in [0.2, 0.25) is 5.91 Å². The molecule has 0 aliphatic carbocycles. The molecule has 1 saturated heterocycles. The monoisotopic (exact) mass is 234 g/mol. The molecule has 2 heterocycles. The van der Waals surface area contributed by atoms with Crippen LogP contribution in [0.25, 0.3) is 0 Å². The minimum absolute atomic E-state index is 0.0509. The molecule has 2 rings (SSSR count). The van der Waals surface area contributed by atoms with E-state index >= 15 is 0 Å². The number of aryl methyl sites for hydroxylation is 1. The average Bonchev–Trinajstić information content (AvgIpc) is 2.30. The molecule has 0 aromatic carbocycles. The van der Waals surface area contributed by atoms with Crippen LogP contribution in [0.3, 0.4) is 0 Å². The highest BCUT2D eigenvalue weighted by molar-refractivity contribution is 5.89. The summed E-state index contributed by atoms with van der Waals surface area (Å²) in [6, 6.07) is 5.62. The molecule has 1 aromatic rings. The predicted octanol–water partition coefficient (Wildman–Crippen LogP) is 2.15. The molecule has 1 N–H and O–H groups in total. The van der Waals surface area contributed by atoms with Crippen molar-refractivity contribution in [3.8, 4) is 0 Å². The molecule has 1 aromatic heterocycles. The van der Waals surface area contributed by atoms with E-state index in [1.165, 1.54) is 0 Å². The maximum atomic E-state index is 11.8. The Bertz CT molecular complexity index is 387. The van der Waals surface area contributed by atoms with Gasteiger partial charge in [0.15, 0.2) is 0 Å². The van der Waals surface area contributed by atoms with Crippen LogP contribution in [0.15, 0.2) is 18.2 Å². The van der Waals surface area contributed by atoms with E-state index in [0.29, 0.717) is 18.2 Å².